The topological polar surface area (TPSA) is 53.5 Å². The lowest BCUT2D eigenvalue weighted by molar-refractivity contribution is -0.120. The first-order valence-electron chi connectivity index (χ1n) is 7.84. The number of piperazine rings is 1. The van der Waals surface area contributed by atoms with Crippen LogP contribution in [0.5, 0.6) is 0 Å². The van der Waals surface area contributed by atoms with Gasteiger partial charge in [-0.05, 0) is 40.1 Å². The highest BCUT2D eigenvalue weighted by atomic mass is 32.1. The van der Waals surface area contributed by atoms with Gasteiger partial charge in [-0.2, -0.15) is 11.3 Å². The van der Waals surface area contributed by atoms with Crippen molar-refractivity contribution in [3.63, 3.8) is 0 Å². The maximum atomic E-state index is 12.7. The molecule has 1 aliphatic heterocycles. The molecule has 0 radical (unpaired) electrons. The Hall–Kier alpha value is -2.51. The van der Waals surface area contributed by atoms with Crippen LogP contribution < -0.4 is 4.90 Å². The molecule has 0 aliphatic carbocycles. The number of hydrogen-bond donors (Lipinski definition) is 0. The number of anilines is 1. The van der Waals surface area contributed by atoms with Crippen LogP contribution in [0.3, 0.4) is 0 Å². The van der Waals surface area contributed by atoms with E-state index in [1.807, 2.05) is 35.0 Å². The molecule has 7 heteroatoms. The molecule has 2 amide bonds. The lowest BCUT2D eigenvalue weighted by Gasteiger charge is -2.32. The summed E-state index contributed by atoms with van der Waals surface area (Å²) in [7, 11) is 0. The van der Waals surface area contributed by atoms with Crippen LogP contribution in [0.1, 0.15) is 10.4 Å². The first-order chi connectivity index (χ1) is 12.2. The highest BCUT2D eigenvalue weighted by Gasteiger charge is 2.29. The van der Waals surface area contributed by atoms with Crippen molar-refractivity contribution in [1.82, 2.24) is 9.88 Å². The van der Waals surface area contributed by atoms with Crippen molar-refractivity contribution in [2.75, 3.05) is 24.5 Å². The quantitative estimate of drug-likeness (QED) is 0.711. The number of amides is 2. The van der Waals surface area contributed by atoms with E-state index in [1.54, 1.807) is 27.3 Å². The molecule has 25 heavy (non-hydrogen) atoms. The first kappa shape index (κ1) is 16.0. The molecule has 0 N–H and O–H groups in total. The molecule has 0 unspecified atom stereocenters. The third-order valence-corrected chi connectivity index (χ3v) is 5.62. The average Bonchev–Trinajstić information content (AvgIpc) is 3.35. The molecule has 1 fully saturated rings. The maximum Gasteiger partial charge on any atom is 0.254 e. The van der Waals surface area contributed by atoms with Crippen molar-refractivity contribution < 1.29 is 9.59 Å². The number of nitrogens with zero attached hydrogens (tertiary/aromatic N) is 3. The van der Waals surface area contributed by atoms with E-state index in [-0.39, 0.29) is 18.4 Å². The standard InChI is InChI=1S/C18H15N3O2S2/c22-16-11-20(7-8-21(16)18-19-6-10-25-18)17(23)14-3-1-13(2-4-14)15-5-9-24-12-15/h1-6,9-10,12H,7-8,11H2. The normalized spacial score (nSPS) is 14.8. The van der Waals surface area contributed by atoms with Gasteiger partial charge in [0.1, 0.15) is 6.54 Å². The lowest BCUT2D eigenvalue weighted by Crippen LogP contribution is -2.52. The van der Waals surface area contributed by atoms with Crippen molar-refractivity contribution in [2.24, 2.45) is 0 Å². The Morgan fingerprint density at radius 1 is 1.04 bits per heavy atom. The Bertz CT molecular complexity index is 874. The molecule has 0 spiro atoms. The van der Waals surface area contributed by atoms with E-state index in [9.17, 15) is 9.59 Å². The van der Waals surface area contributed by atoms with Crippen molar-refractivity contribution in [3.05, 3.63) is 58.2 Å². The van der Waals surface area contributed by atoms with Gasteiger partial charge in [0, 0.05) is 30.2 Å². The van der Waals surface area contributed by atoms with E-state index in [0.29, 0.717) is 23.8 Å². The number of hydrogen-bond acceptors (Lipinski definition) is 5. The SMILES string of the molecule is O=C(c1ccc(-c2ccsc2)cc1)N1CCN(c2nccs2)C(=O)C1. The molecule has 1 saturated heterocycles. The molecule has 0 bridgehead atoms. The second kappa shape index (κ2) is 6.78. The van der Waals surface area contributed by atoms with Crippen molar-refractivity contribution in [1.29, 1.82) is 0 Å². The van der Waals surface area contributed by atoms with Crippen LogP contribution >= 0.6 is 22.7 Å². The van der Waals surface area contributed by atoms with Gasteiger partial charge in [-0.25, -0.2) is 4.98 Å². The molecule has 3 aromatic rings. The largest absolute Gasteiger partial charge is 0.328 e. The van der Waals surface area contributed by atoms with Crippen LogP contribution in [0.25, 0.3) is 11.1 Å². The Kier molecular flexibility index (Phi) is 4.33. The fourth-order valence-electron chi connectivity index (χ4n) is 2.81. The minimum absolute atomic E-state index is 0.0880. The molecule has 5 nitrogen and oxygen atoms in total. The van der Waals surface area contributed by atoms with Crippen molar-refractivity contribution in [3.8, 4) is 11.1 Å². The predicted octanol–water partition coefficient (Wildman–Crippen LogP) is 3.36. The van der Waals surface area contributed by atoms with Crippen LogP contribution in [-0.4, -0.2) is 41.3 Å². The van der Waals surface area contributed by atoms with E-state index in [0.717, 1.165) is 11.1 Å². The molecule has 2 aromatic heterocycles. The van der Waals surface area contributed by atoms with E-state index in [4.69, 9.17) is 0 Å². The fourth-order valence-corrected chi connectivity index (χ4v) is 4.17. The van der Waals surface area contributed by atoms with Crippen molar-refractivity contribution >= 4 is 39.6 Å². The summed E-state index contributed by atoms with van der Waals surface area (Å²) in [5.74, 6) is -0.201. The molecule has 4 rings (SSSR count). The highest BCUT2D eigenvalue weighted by Crippen LogP contribution is 2.24. The van der Waals surface area contributed by atoms with Crippen LogP contribution in [0.2, 0.25) is 0 Å². The summed E-state index contributed by atoms with van der Waals surface area (Å²) in [5.41, 5.74) is 2.84. The summed E-state index contributed by atoms with van der Waals surface area (Å²) in [6.45, 7) is 1.08. The first-order valence-corrected chi connectivity index (χ1v) is 9.66. The molecule has 3 heterocycles. The number of carbonyl (C=O) groups is 2. The minimum atomic E-state index is -0.107. The molecule has 1 aliphatic rings. The molecule has 126 valence electrons. The van der Waals surface area contributed by atoms with Gasteiger partial charge in [0.2, 0.25) is 5.91 Å². The van der Waals surface area contributed by atoms with Gasteiger partial charge in [-0.1, -0.05) is 12.1 Å². The summed E-state index contributed by atoms with van der Waals surface area (Å²) >= 11 is 3.08. The molecular weight excluding hydrogens is 354 g/mol. The van der Waals surface area contributed by atoms with Crippen molar-refractivity contribution in [2.45, 2.75) is 0 Å². The van der Waals surface area contributed by atoms with E-state index in [1.165, 1.54) is 11.3 Å². The second-order valence-corrected chi connectivity index (χ2v) is 7.33. The number of thiophene rings is 1. The summed E-state index contributed by atoms with van der Waals surface area (Å²) in [6, 6.07) is 9.60. The Morgan fingerprint density at radius 3 is 2.52 bits per heavy atom. The monoisotopic (exact) mass is 369 g/mol. The van der Waals surface area contributed by atoms with Gasteiger partial charge in [0.15, 0.2) is 5.13 Å². The van der Waals surface area contributed by atoms with E-state index >= 15 is 0 Å². The van der Waals surface area contributed by atoms with E-state index in [2.05, 4.69) is 16.4 Å². The van der Waals surface area contributed by atoms with Crippen LogP contribution in [-0.2, 0) is 4.79 Å². The predicted molar refractivity (Wildman–Crippen MR) is 100 cm³/mol. The molecule has 0 saturated carbocycles. The fraction of sp³-hybridized carbons (Fsp3) is 0.167. The number of thiazole rings is 1. The highest BCUT2D eigenvalue weighted by molar-refractivity contribution is 7.13. The lowest BCUT2D eigenvalue weighted by atomic mass is 10.1. The Labute approximate surface area is 153 Å². The smallest absolute Gasteiger partial charge is 0.254 e. The second-order valence-electron chi connectivity index (χ2n) is 5.68. The number of rotatable bonds is 3. The van der Waals surface area contributed by atoms with Crippen LogP contribution in [0.4, 0.5) is 5.13 Å². The maximum absolute atomic E-state index is 12.7. The van der Waals surface area contributed by atoms with E-state index < -0.39 is 0 Å². The minimum Gasteiger partial charge on any atom is -0.328 e. The zero-order valence-electron chi connectivity index (χ0n) is 13.3. The molecular formula is C18H15N3O2S2. The number of carbonyl (C=O) groups excluding carboxylic acids is 2. The van der Waals surface area contributed by atoms with Gasteiger partial charge in [-0.15, -0.1) is 11.3 Å². The van der Waals surface area contributed by atoms with Gasteiger partial charge in [0.05, 0.1) is 0 Å². The zero-order chi connectivity index (χ0) is 17.2. The summed E-state index contributed by atoms with van der Waals surface area (Å²) in [6.07, 6.45) is 1.68. The number of benzene rings is 1. The summed E-state index contributed by atoms with van der Waals surface area (Å²) in [5, 5.41) is 6.64. The zero-order valence-corrected chi connectivity index (χ0v) is 14.9. The van der Waals surface area contributed by atoms with Crippen LogP contribution in [0, 0.1) is 0 Å². The average molecular weight is 369 g/mol. The van der Waals surface area contributed by atoms with Crippen LogP contribution in [0.15, 0.2) is 52.7 Å². The Morgan fingerprint density at radius 2 is 1.88 bits per heavy atom. The molecule has 0 atom stereocenters. The third-order valence-electron chi connectivity index (χ3n) is 4.14. The summed E-state index contributed by atoms with van der Waals surface area (Å²) < 4.78 is 0. The summed E-state index contributed by atoms with van der Waals surface area (Å²) in [4.78, 5) is 32.5. The third kappa shape index (κ3) is 3.20. The Balaban J connectivity index is 1.46. The van der Waals surface area contributed by atoms with Gasteiger partial charge in [-0.3, -0.25) is 14.5 Å². The van der Waals surface area contributed by atoms with Gasteiger partial charge in [0.25, 0.3) is 5.91 Å². The van der Waals surface area contributed by atoms with Gasteiger partial charge < -0.3 is 4.90 Å². The number of aromatic nitrogens is 1. The van der Waals surface area contributed by atoms with Gasteiger partial charge >= 0.3 is 0 Å². The molecule has 1 aromatic carbocycles.